The Labute approximate surface area is 156 Å². The smallest absolute Gasteiger partial charge is 0.264 e. The number of anilines is 1. The summed E-state index contributed by atoms with van der Waals surface area (Å²) in [6.07, 6.45) is 1.80. The van der Waals surface area contributed by atoms with Crippen LogP contribution >= 0.6 is 0 Å². The van der Waals surface area contributed by atoms with Gasteiger partial charge in [-0.05, 0) is 50.1 Å². The van der Waals surface area contributed by atoms with Crippen LogP contribution < -0.4 is 9.62 Å². The SMILES string of the molecule is CCC[C@@H](C)NC(=O)CN(c1cccc(C)c1)S(=O)(=O)c1ccccc1. The van der Waals surface area contributed by atoms with Gasteiger partial charge in [0.15, 0.2) is 0 Å². The van der Waals surface area contributed by atoms with Crippen molar-refractivity contribution in [1.29, 1.82) is 0 Å². The fourth-order valence-electron chi connectivity index (χ4n) is 2.77. The maximum absolute atomic E-state index is 13.1. The minimum Gasteiger partial charge on any atom is -0.352 e. The zero-order chi connectivity index (χ0) is 19.2. The lowest BCUT2D eigenvalue weighted by Crippen LogP contribution is -2.43. The number of aryl methyl sites for hydroxylation is 1. The minimum atomic E-state index is -3.84. The molecule has 0 radical (unpaired) electrons. The van der Waals surface area contributed by atoms with Crippen LogP contribution in [0.25, 0.3) is 0 Å². The molecule has 0 aliphatic rings. The minimum absolute atomic E-state index is 0.00582. The van der Waals surface area contributed by atoms with Crippen LogP contribution in [0.3, 0.4) is 0 Å². The zero-order valence-electron chi connectivity index (χ0n) is 15.5. The molecule has 0 bridgehead atoms. The molecule has 2 rings (SSSR count). The number of sulfonamides is 1. The first kappa shape index (κ1) is 20.0. The second kappa shape index (κ2) is 8.85. The fraction of sp³-hybridized carbons (Fsp3) is 0.350. The van der Waals surface area contributed by atoms with E-state index in [1.165, 1.54) is 16.4 Å². The predicted octanol–water partition coefficient (Wildman–Crippen LogP) is 3.50. The molecule has 2 aromatic carbocycles. The fourth-order valence-corrected chi connectivity index (χ4v) is 4.21. The van der Waals surface area contributed by atoms with Gasteiger partial charge in [0.1, 0.15) is 6.54 Å². The van der Waals surface area contributed by atoms with Crippen molar-refractivity contribution >= 4 is 21.6 Å². The van der Waals surface area contributed by atoms with Crippen LogP contribution in [0.5, 0.6) is 0 Å². The summed E-state index contributed by atoms with van der Waals surface area (Å²) < 4.78 is 27.4. The van der Waals surface area contributed by atoms with E-state index in [1.807, 2.05) is 26.8 Å². The summed E-state index contributed by atoms with van der Waals surface area (Å²) in [5, 5.41) is 2.87. The molecule has 0 fully saturated rings. The van der Waals surface area contributed by atoms with E-state index in [0.29, 0.717) is 5.69 Å². The molecular formula is C20H26N2O3S. The Balaban J connectivity index is 2.36. The molecule has 140 valence electrons. The van der Waals surface area contributed by atoms with Crippen LogP contribution in [0.15, 0.2) is 59.5 Å². The highest BCUT2D eigenvalue weighted by molar-refractivity contribution is 7.92. The van der Waals surface area contributed by atoms with Crippen molar-refractivity contribution in [3.63, 3.8) is 0 Å². The molecule has 6 heteroatoms. The van der Waals surface area contributed by atoms with Crippen molar-refractivity contribution < 1.29 is 13.2 Å². The van der Waals surface area contributed by atoms with Gasteiger partial charge in [-0.2, -0.15) is 0 Å². The van der Waals surface area contributed by atoms with E-state index >= 15 is 0 Å². The van der Waals surface area contributed by atoms with Crippen molar-refractivity contribution in [3.8, 4) is 0 Å². The third-order valence-corrected chi connectivity index (χ3v) is 5.83. The number of nitrogens with one attached hydrogen (secondary N) is 1. The predicted molar refractivity (Wildman–Crippen MR) is 105 cm³/mol. The van der Waals surface area contributed by atoms with Gasteiger partial charge in [-0.25, -0.2) is 8.42 Å². The quantitative estimate of drug-likeness (QED) is 0.769. The van der Waals surface area contributed by atoms with Crippen molar-refractivity contribution in [2.75, 3.05) is 10.8 Å². The van der Waals surface area contributed by atoms with E-state index in [1.54, 1.807) is 36.4 Å². The number of hydrogen-bond acceptors (Lipinski definition) is 3. The van der Waals surface area contributed by atoms with E-state index in [9.17, 15) is 13.2 Å². The molecule has 0 aromatic heterocycles. The standard InChI is InChI=1S/C20H26N2O3S/c1-4-9-17(3)21-20(23)15-22(18-11-8-10-16(2)14-18)26(24,25)19-12-6-5-7-13-19/h5-8,10-14,17H,4,9,15H2,1-3H3,(H,21,23)/t17-/m1/s1. The van der Waals surface area contributed by atoms with Crippen LogP contribution in [0.4, 0.5) is 5.69 Å². The maximum atomic E-state index is 13.1. The molecule has 5 nitrogen and oxygen atoms in total. The highest BCUT2D eigenvalue weighted by Crippen LogP contribution is 2.24. The van der Waals surface area contributed by atoms with Gasteiger partial charge in [0, 0.05) is 6.04 Å². The van der Waals surface area contributed by atoms with Crippen molar-refractivity contribution in [1.82, 2.24) is 5.32 Å². The lowest BCUT2D eigenvalue weighted by Gasteiger charge is -2.25. The Bertz CT molecular complexity index is 835. The Morgan fingerprint density at radius 1 is 1.12 bits per heavy atom. The van der Waals surface area contributed by atoms with E-state index < -0.39 is 10.0 Å². The van der Waals surface area contributed by atoms with Crippen LogP contribution in [-0.4, -0.2) is 26.9 Å². The molecule has 0 spiro atoms. The average Bonchev–Trinajstić information content (AvgIpc) is 2.60. The zero-order valence-corrected chi connectivity index (χ0v) is 16.3. The largest absolute Gasteiger partial charge is 0.352 e. The summed E-state index contributed by atoms with van der Waals surface area (Å²) in [5.74, 6) is -0.313. The lowest BCUT2D eigenvalue weighted by atomic mass is 10.2. The Morgan fingerprint density at radius 2 is 1.81 bits per heavy atom. The summed E-state index contributed by atoms with van der Waals surface area (Å²) in [6.45, 7) is 5.60. The average molecular weight is 375 g/mol. The maximum Gasteiger partial charge on any atom is 0.264 e. The topological polar surface area (TPSA) is 66.5 Å². The normalized spacial score (nSPS) is 12.4. The first-order valence-corrected chi connectivity index (χ1v) is 10.2. The molecule has 1 amide bonds. The molecule has 26 heavy (non-hydrogen) atoms. The summed E-state index contributed by atoms with van der Waals surface area (Å²) in [4.78, 5) is 12.6. The molecule has 2 aromatic rings. The van der Waals surface area contributed by atoms with Crippen LogP contribution in [0, 0.1) is 6.92 Å². The monoisotopic (exact) mass is 374 g/mol. The number of carbonyl (C=O) groups is 1. The first-order chi connectivity index (χ1) is 12.3. The first-order valence-electron chi connectivity index (χ1n) is 8.78. The van der Waals surface area contributed by atoms with Crippen LogP contribution in [0.2, 0.25) is 0 Å². The number of benzene rings is 2. The van der Waals surface area contributed by atoms with Crippen LogP contribution in [0.1, 0.15) is 32.3 Å². The van der Waals surface area contributed by atoms with Crippen LogP contribution in [-0.2, 0) is 14.8 Å². The molecule has 1 N–H and O–H groups in total. The second-order valence-corrected chi connectivity index (χ2v) is 8.28. The number of nitrogens with zero attached hydrogens (tertiary/aromatic N) is 1. The van der Waals surface area contributed by atoms with E-state index in [-0.39, 0.29) is 23.4 Å². The summed E-state index contributed by atoms with van der Waals surface area (Å²) in [6, 6.07) is 15.3. The highest BCUT2D eigenvalue weighted by Gasteiger charge is 2.27. The molecular weight excluding hydrogens is 348 g/mol. The summed E-state index contributed by atoms with van der Waals surface area (Å²) in [5.41, 5.74) is 1.41. The van der Waals surface area contributed by atoms with Crippen molar-refractivity contribution in [2.45, 2.75) is 44.6 Å². The number of carbonyl (C=O) groups excluding carboxylic acids is 1. The number of amides is 1. The molecule has 0 aliphatic carbocycles. The lowest BCUT2D eigenvalue weighted by molar-refractivity contribution is -0.120. The summed E-state index contributed by atoms with van der Waals surface area (Å²) in [7, 11) is -3.84. The van der Waals surface area contributed by atoms with Gasteiger partial charge in [-0.15, -0.1) is 0 Å². The second-order valence-electron chi connectivity index (χ2n) is 6.42. The highest BCUT2D eigenvalue weighted by atomic mass is 32.2. The number of hydrogen-bond donors (Lipinski definition) is 1. The molecule has 0 heterocycles. The Hall–Kier alpha value is -2.34. The van der Waals surface area contributed by atoms with Gasteiger partial charge in [-0.3, -0.25) is 9.10 Å². The molecule has 0 saturated carbocycles. The number of rotatable bonds is 8. The molecule has 0 aliphatic heterocycles. The Kier molecular flexibility index (Phi) is 6.80. The van der Waals surface area contributed by atoms with Gasteiger partial charge in [0.05, 0.1) is 10.6 Å². The Morgan fingerprint density at radius 3 is 2.42 bits per heavy atom. The van der Waals surface area contributed by atoms with Gasteiger partial charge < -0.3 is 5.32 Å². The van der Waals surface area contributed by atoms with E-state index in [4.69, 9.17) is 0 Å². The van der Waals surface area contributed by atoms with E-state index in [2.05, 4.69) is 5.32 Å². The van der Waals surface area contributed by atoms with Gasteiger partial charge in [-0.1, -0.05) is 43.7 Å². The van der Waals surface area contributed by atoms with Gasteiger partial charge in [0.2, 0.25) is 5.91 Å². The van der Waals surface area contributed by atoms with Gasteiger partial charge >= 0.3 is 0 Å². The summed E-state index contributed by atoms with van der Waals surface area (Å²) >= 11 is 0. The van der Waals surface area contributed by atoms with E-state index in [0.717, 1.165) is 18.4 Å². The molecule has 0 unspecified atom stereocenters. The third-order valence-electron chi connectivity index (χ3n) is 4.04. The third kappa shape index (κ3) is 5.08. The molecule has 0 saturated heterocycles. The van der Waals surface area contributed by atoms with Crippen molar-refractivity contribution in [3.05, 3.63) is 60.2 Å². The molecule has 1 atom stereocenters. The van der Waals surface area contributed by atoms with Gasteiger partial charge in [0.25, 0.3) is 10.0 Å². The van der Waals surface area contributed by atoms with Crippen molar-refractivity contribution in [2.24, 2.45) is 0 Å².